The minimum Gasteiger partial charge on any atom is -0.476 e. The lowest BCUT2D eigenvalue weighted by Crippen LogP contribution is -2.01. The number of hydrogen-bond donors (Lipinski definition) is 0. The van der Waals surface area contributed by atoms with E-state index in [4.69, 9.17) is 13.9 Å². The summed E-state index contributed by atoms with van der Waals surface area (Å²) in [7, 11) is 0. The van der Waals surface area contributed by atoms with Gasteiger partial charge in [-0.05, 0) is 44.5 Å². The van der Waals surface area contributed by atoms with Crippen LogP contribution in [0.4, 0.5) is 0 Å². The average Bonchev–Trinajstić information content (AvgIpc) is 3.12. The number of fused-ring (bicyclic) bond motifs is 1. The number of aryl methyl sites for hydroxylation is 2. The van der Waals surface area contributed by atoms with Gasteiger partial charge < -0.3 is 13.9 Å². The molecule has 0 atom stereocenters. The van der Waals surface area contributed by atoms with Crippen LogP contribution in [0, 0.1) is 13.8 Å². The summed E-state index contributed by atoms with van der Waals surface area (Å²) in [5, 5.41) is 0. The Morgan fingerprint density at radius 3 is 2.50 bits per heavy atom. The summed E-state index contributed by atoms with van der Waals surface area (Å²) < 4.78 is 17.5. The summed E-state index contributed by atoms with van der Waals surface area (Å²) in [6.45, 7) is 6.59. The Bertz CT molecular complexity index is 1100. The number of aromatic nitrogens is 3. The first kappa shape index (κ1) is 18.0. The van der Waals surface area contributed by atoms with Gasteiger partial charge in [0.05, 0.1) is 6.61 Å². The van der Waals surface area contributed by atoms with Gasteiger partial charge in [-0.15, -0.1) is 0 Å². The molecule has 6 nitrogen and oxygen atoms in total. The van der Waals surface area contributed by atoms with E-state index in [9.17, 15) is 0 Å². The molecule has 0 aliphatic carbocycles. The first-order valence-corrected chi connectivity index (χ1v) is 9.25. The third-order valence-corrected chi connectivity index (χ3v) is 4.14. The van der Waals surface area contributed by atoms with Crippen molar-refractivity contribution in [2.24, 2.45) is 0 Å². The molecule has 0 saturated carbocycles. The second-order valence-electron chi connectivity index (χ2n) is 6.62. The Hall–Kier alpha value is -3.41. The van der Waals surface area contributed by atoms with Crippen molar-refractivity contribution in [2.75, 3.05) is 6.61 Å². The molecular weight excluding hydrogens is 354 g/mol. The summed E-state index contributed by atoms with van der Waals surface area (Å²) in [5.41, 5.74) is 3.96. The van der Waals surface area contributed by atoms with Crippen LogP contribution in [0.25, 0.3) is 22.7 Å². The van der Waals surface area contributed by atoms with Crippen molar-refractivity contribution in [3.8, 4) is 29.1 Å². The molecule has 2 aromatic heterocycles. The van der Waals surface area contributed by atoms with Gasteiger partial charge in [-0.2, -0.15) is 9.97 Å². The van der Waals surface area contributed by atoms with E-state index in [1.165, 1.54) is 0 Å². The van der Waals surface area contributed by atoms with Crippen molar-refractivity contribution >= 4 is 11.2 Å². The van der Waals surface area contributed by atoms with Gasteiger partial charge in [0, 0.05) is 5.56 Å². The summed E-state index contributed by atoms with van der Waals surface area (Å²) >= 11 is 0. The molecule has 28 heavy (non-hydrogen) atoms. The van der Waals surface area contributed by atoms with Crippen molar-refractivity contribution in [1.29, 1.82) is 0 Å². The van der Waals surface area contributed by atoms with Gasteiger partial charge in [-0.1, -0.05) is 42.3 Å². The Morgan fingerprint density at radius 1 is 0.929 bits per heavy atom. The standard InChI is InChI=1S/C22H21N3O3/c1-4-12-26-20-18-21(28-19(23-18)16-7-5-6-15(3)13-16)25-22(24-20)27-17-10-8-14(2)9-11-17/h5-11,13H,4,12H2,1-3H3. The quantitative estimate of drug-likeness (QED) is 0.444. The molecule has 0 unspecified atom stereocenters. The van der Waals surface area contributed by atoms with Crippen molar-refractivity contribution in [2.45, 2.75) is 27.2 Å². The first-order chi connectivity index (χ1) is 13.6. The van der Waals surface area contributed by atoms with E-state index in [1.807, 2.05) is 69.3 Å². The number of hydrogen-bond acceptors (Lipinski definition) is 6. The monoisotopic (exact) mass is 375 g/mol. The minimum atomic E-state index is 0.161. The molecule has 0 fully saturated rings. The molecule has 2 heterocycles. The molecule has 6 heteroatoms. The van der Waals surface area contributed by atoms with Crippen LogP contribution in [-0.2, 0) is 0 Å². The van der Waals surface area contributed by atoms with Gasteiger partial charge in [0.2, 0.25) is 5.89 Å². The Balaban J connectivity index is 1.75. The van der Waals surface area contributed by atoms with Crippen LogP contribution in [0.5, 0.6) is 17.6 Å². The number of rotatable bonds is 6. The zero-order valence-corrected chi connectivity index (χ0v) is 16.1. The fourth-order valence-electron chi connectivity index (χ4n) is 2.74. The zero-order chi connectivity index (χ0) is 19.5. The second kappa shape index (κ2) is 7.68. The second-order valence-corrected chi connectivity index (χ2v) is 6.62. The molecule has 4 rings (SSSR count). The minimum absolute atomic E-state index is 0.161. The highest BCUT2D eigenvalue weighted by molar-refractivity contribution is 5.78. The molecule has 142 valence electrons. The van der Waals surface area contributed by atoms with Gasteiger partial charge in [0.1, 0.15) is 5.75 Å². The predicted octanol–water partition coefficient (Wildman–Crippen LogP) is 5.48. The smallest absolute Gasteiger partial charge is 0.328 e. The lowest BCUT2D eigenvalue weighted by atomic mass is 10.1. The lowest BCUT2D eigenvalue weighted by Gasteiger charge is -2.07. The van der Waals surface area contributed by atoms with Crippen molar-refractivity contribution in [3.63, 3.8) is 0 Å². The molecule has 0 N–H and O–H groups in total. The van der Waals surface area contributed by atoms with Crippen molar-refractivity contribution in [3.05, 3.63) is 59.7 Å². The largest absolute Gasteiger partial charge is 0.476 e. The van der Waals surface area contributed by atoms with Gasteiger partial charge in [0.15, 0.2) is 5.52 Å². The normalized spacial score (nSPS) is 11.0. The van der Waals surface area contributed by atoms with Crippen LogP contribution in [-0.4, -0.2) is 21.6 Å². The molecule has 0 aliphatic heterocycles. The van der Waals surface area contributed by atoms with Crippen molar-refractivity contribution < 1.29 is 13.9 Å². The Kier molecular flexibility index (Phi) is 4.93. The number of ether oxygens (including phenoxy) is 2. The molecule has 0 bridgehead atoms. The van der Waals surface area contributed by atoms with E-state index in [0.29, 0.717) is 35.4 Å². The number of nitrogens with zero attached hydrogens (tertiary/aromatic N) is 3. The Morgan fingerprint density at radius 2 is 1.75 bits per heavy atom. The van der Waals surface area contributed by atoms with Gasteiger partial charge in [-0.25, -0.2) is 4.98 Å². The lowest BCUT2D eigenvalue weighted by molar-refractivity contribution is 0.302. The molecule has 0 spiro atoms. The first-order valence-electron chi connectivity index (χ1n) is 9.25. The number of benzene rings is 2. The molecular formula is C22H21N3O3. The van der Waals surface area contributed by atoms with E-state index in [1.54, 1.807) is 0 Å². The maximum Gasteiger partial charge on any atom is 0.328 e. The molecule has 0 aliphatic rings. The molecule has 0 amide bonds. The fourth-order valence-corrected chi connectivity index (χ4v) is 2.74. The van der Waals surface area contributed by atoms with Crippen LogP contribution in [0.3, 0.4) is 0 Å². The highest BCUT2D eigenvalue weighted by atomic mass is 16.5. The fraction of sp³-hybridized carbons (Fsp3) is 0.227. The number of oxazole rings is 1. The van der Waals surface area contributed by atoms with Crippen molar-refractivity contribution in [1.82, 2.24) is 15.0 Å². The van der Waals surface area contributed by atoms with E-state index < -0.39 is 0 Å². The van der Waals surface area contributed by atoms with Gasteiger partial charge in [0.25, 0.3) is 11.6 Å². The third-order valence-electron chi connectivity index (χ3n) is 4.14. The van der Waals surface area contributed by atoms with Crippen LogP contribution in [0.1, 0.15) is 24.5 Å². The maximum atomic E-state index is 5.90. The maximum absolute atomic E-state index is 5.90. The molecule has 2 aromatic carbocycles. The van der Waals surface area contributed by atoms with E-state index >= 15 is 0 Å². The van der Waals surface area contributed by atoms with Gasteiger partial charge >= 0.3 is 6.01 Å². The van der Waals surface area contributed by atoms with Gasteiger partial charge in [-0.3, -0.25) is 0 Å². The Labute approximate surface area is 163 Å². The average molecular weight is 375 g/mol. The van der Waals surface area contributed by atoms with E-state index in [0.717, 1.165) is 23.1 Å². The SMILES string of the molecule is CCCOc1nc(Oc2ccc(C)cc2)nc2oc(-c3cccc(C)c3)nc12. The van der Waals surface area contributed by atoms with E-state index in [2.05, 4.69) is 15.0 Å². The predicted molar refractivity (Wildman–Crippen MR) is 107 cm³/mol. The van der Waals surface area contributed by atoms with E-state index in [-0.39, 0.29) is 6.01 Å². The van der Waals surface area contributed by atoms with Crippen LogP contribution in [0.15, 0.2) is 52.9 Å². The zero-order valence-electron chi connectivity index (χ0n) is 16.1. The molecule has 4 aromatic rings. The summed E-state index contributed by atoms with van der Waals surface area (Å²) in [4.78, 5) is 13.4. The topological polar surface area (TPSA) is 70.3 Å². The highest BCUT2D eigenvalue weighted by Gasteiger charge is 2.18. The summed E-state index contributed by atoms with van der Waals surface area (Å²) in [5.74, 6) is 1.48. The molecule has 0 radical (unpaired) electrons. The van der Waals surface area contributed by atoms with Crippen LogP contribution in [0.2, 0.25) is 0 Å². The molecule has 0 saturated heterocycles. The summed E-state index contributed by atoms with van der Waals surface area (Å²) in [6, 6.07) is 15.8. The van der Waals surface area contributed by atoms with Crippen LogP contribution >= 0.6 is 0 Å². The highest BCUT2D eigenvalue weighted by Crippen LogP contribution is 2.31. The summed E-state index contributed by atoms with van der Waals surface area (Å²) in [6.07, 6.45) is 0.849. The van der Waals surface area contributed by atoms with Crippen LogP contribution < -0.4 is 9.47 Å². The third kappa shape index (κ3) is 3.81.